The van der Waals surface area contributed by atoms with Crippen LogP contribution in [-0.2, 0) is 6.54 Å². The first kappa shape index (κ1) is 13.0. The fourth-order valence-corrected chi connectivity index (χ4v) is 1.26. The highest BCUT2D eigenvalue weighted by atomic mass is 19.3. The zero-order valence-corrected chi connectivity index (χ0v) is 9.81. The Kier molecular flexibility index (Phi) is 3.74. The number of aryl methyl sites for hydroxylation is 1. The van der Waals surface area contributed by atoms with Crippen molar-refractivity contribution in [2.24, 2.45) is 0 Å². The minimum absolute atomic E-state index is 0.0465. The average molecular weight is 272 g/mol. The number of alkyl halides is 2. The first-order valence-electron chi connectivity index (χ1n) is 5.26. The number of urea groups is 1. The smallest absolute Gasteiger partial charge is 0.321 e. The molecule has 0 aliphatic carbocycles. The Morgan fingerprint density at radius 2 is 2.16 bits per heavy atom. The van der Waals surface area contributed by atoms with Crippen molar-refractivity contribution in [3.8, 4) is 0 Å². The number of anilines is 1. The number of nitrogens with zero attached hydrogens (tertiary/aromatic N) is 2. The Morgan fingerprint density at radius 3 is 2.74 bits per heavy atom. The van der Waals surface area contributed by atoms with Gasteiger partial charge in [-0.15, -0.1) is 0 Å². The van der Waals surface area contributed by atoms with Gasteiger partial charge in [-0.05, 0) is 6.92 Å². The van der Waals surface area contributed by atoms with Gasteiger partial charge in [-0.1, -0.05) is 10.3 Å². The molecule has 2 rings (SSSR count). The maximum Gasteiger partial charge on any atom is 0.321 e. The summed E-state index contributed by atoms with van der Waals surface area (Å²) < 4.78 is 33.6. The molecule has 0 aliphatic rings. The van der Waals surface area contributed by atoms with E-state index in [-0.39, 0.29) is 18.1 Å². The number of hydrogen-bond acceptors (Lipinski definition) is 5. The molecule has 2 N–H and O–H groups in total. The summed E-state index contributed by atoms with van der Waals surface area (Å²) in [5.41, 5.74) is 0.813. The summed E-state index contributed by atoms with van der Waals surface area (Å²) in [7, 11) is 0. The molecule has 0 aromatic carbocycles. The lowest BCUT2D eigenvalue weighted by Gasteiger charge is -2.01. The average Bonchev–Trinajstić information content (AvgIpc) is 2.96. The van der Waals surface area contributed by atoms with Crippen LogP contribution in [0.5, 0.6) is 0 Å². The maximum atomic E-state index is 12.2. The van der Waals surface area contributed by atoms with E-state index in [4.69, 9.17) is 4.52 Å². The van der Waals surface area contributed by atoms with Crippen molar-refractivity contribution in [3.63, 3.8) is 0 Å². The van der Waals surface area contributed by atoms with Gasteiger partial charge in [-0.3, -0.25) is 5.32 Å². The van der Waals surface area contributed by atoms with E-state index in [1.54, 1.807) is 6.92 Å². The number of nitrogens with one attached hydrogen (secondary N) is 2. The van der Waals surface area contributed by atoms with Crippen LogP contribution < -0.4 is 10.6 Å². The Morgan fingerprint density at radius 1 is 1.37 bits per heavy atom. The molecule has 2 aromatic heterocycles. The molecule has 2 amide bonds. The van der Waals surface area contributed by atoms with Crippen LogP contribution >= 0.6 is 0 Å². The van der Waals surface area contributed by atoms with E-state index in [1.165, 1.54) is 6.07 Å². The molecule has 0 spiro atoms. The van der Waals surface area contributed by atoms with Crippen LogP contribution in [0.1, 0.15) is 23.6 Å². The highest BCUT2D eigenvalue weighted by Crippen LogP contribution is 2.18. The second kappa shape index (κ2) is 5.46. The number of carbonyl (C=O) groups excluding carboxylic acids is 1. The van der Waals surface area contributed by atoms with Crippen LogP contribution in [0.3, 0.4) is 0 Å². The van der Waals surface area contributed by atoms with Gasteiger partial charge in [0.05, 0.1) is 12.2 Å². The second-order valence-corrected chi connectivity index (χ2v) is 3.66. The Labute approximate surface area is 105 Å². The summed E-state index contributed by atoms with van der Waals surface area (Å²) in [6.07, 6.45) is -2.73. The summed E-state index contributed by atoms with van der Waals surface area (Å²) in [4.78, 5) is 11.4. The lowest BCUT2D eigenvalue weighted by molar-refractivity contribution is 0.112. The van der Waals surface area contributed by atoms with Crippen LogP contribution in [0.4, 0.5) is 19.5 Å². The minimum atomic E-state index is -2.73. The molecule has 0 aliphatic heterocycles. The Balaban J connectivity index is 1.82. The van der Waals surface area contributed by atoms with E-state index in [9.17, 15) is 13.6 Å². The highest BCUT2D eigenvalue weighted by molar-refractivity contribution is 5.87. The van der Waals surface area contributed by atoms with Gasteiger partial charge in [0.1, 0.15) is 5.69 Å². The monoisotopic (exact) mass is 272 g/mol. The molecule has 2 aromatic rings. The SMILES string of the molecule is Cc1cc(NC(=O)NCc2cc(C(F)F)on2)on1. The molecule has 0 bridgehead atoms. The van der Waals surface area contributed by atoms with Crippen molar-refractivity contribution in [2.45, 2.75) is 19.9 Å². The third-order valence-corrected chi connectivity index (χ3v) is 2.09. The number of hydrogen-bond donors (Lipinski definition) is 2. The van der Waals surface area contributed by atoms with E-state index < -0.39 is 18.2 Å². The highest BCUT2D eigenvalue weighted by Gasteiger charge is 2.14. The van der Waals surface area contributed by atoms with Crippen LogP contribution in [0.2, 0.25) is 0 Å². The molecule has 0 saturated carbocycles. The van der Waals surface area contributed by atoms with Crippen molar-refractivity contribution in [1.82, 2.24) is 15.6 Å². The second-order valence-electron chi connectivity index (χ2n) is 3.66. The predicted molar refractivity (Wildman–Crippen MR) is 58.6 cm³/mol. The standard InChI is InChI=1S/C10H10F2N4O3/c1-5-2-8(19-15-5)14-10(17)13-4-6-3-7(9(11)12)18-16-6/h2-3,9H,4H2,1H3,(H2,13,14,17). The number of halogens is 2. The molecule has 0 saturated heterocycles. The molecule has 102 valence electrons. The van der Waals surface area contributed by atoms with Crippen molar-refractivity contribution >= 4 is 11.9 Å². The molecule has 2 heterocycles. The zero-order valence-electron chi connectivity index (χ0n) is 9.81. The summed E-state index contributed by atoms with van der Waals surface area (Å²) in [6.45, 7) is 1.66. The summed E-state index contributed by atoms with van der Waals surface area (Å²) in [6, 6.07) is 2.03. The topological polar surface area (TPSA) is 93.2 Å². The van der Waals surface area contributed by atoms with E-state index in [2.05, 4.69) is 25.5 Å². The van der Waals surface area contributed by atoms with Gasteiger partial charge in [-0.25, -0.2) is 13.6 Å². The fraction of sp³-hybridized carbons (Fsp3) is 0.300. The number of rotatable bonds is 4. The van der Waals surface area contributed by atoms with E-state index in [0.717, 1.165) is 6.07 Å². The lowest BCUT2D eigenvalue weighted by Crippen LogP contribution is -2.28. The van der Waals surface area contributed by atoms with Crippen molar-refractivity contribution in [3.05, 3.63) is 29.3 Å². The summed E-state index contributed by atoms with van der Waals surface area (Å²) in [5, 5.41) is 11.8. The number of amides is 2. The Bertz CT molecular complexity index is 567. The minimum Gasteiger partial charge on any atom is -0.355 e. The van der Waals surface area contributed by atoms with Crippen LogP contribution in [0, 0.1) is 6.92 Å². The molecule has 9 heteroatoms. The number of carbonyl (C=O) groups is 1. The van der Waals surface area contributed by atoms with Gasteiger partial charge in [-0.2, -0.15) is 0 Å². The molecule has 0 radical (unpaired) electrons. The first-order chi connectivity index (χ1) is 9.04. The van der Waals surface area contributed by atoms with E-state index in [0.29, 0.717) is 5.69 Å². The molecule has 19 heavy (non-hydrogen) atoms. The van der Waals surface area contributed by atoms with E-state index >= 15 is 0 Å². The van der Waals surface area contributed by atoms with Gasteiger partial charge in [0.25, 0.3) is 6.43 Å². The van der Waals surface area contributed by atoms with Crippen molar-refractivity contribution in [2.75, 3.05) is 5.32 Å². The van der Waals surface area contributed by atoms with Gasteiger partial charge < -0.3 is 14.4 Å². The normalized spacial score (nSPS) is 10.7. The fourth-order valence-electron chi connectivity index (χ4n) is 1.26. The molecule has 0 atom stereocenters. The predicted octanol–water partition coefficient (Wildman–Crippen LogP) is 2.23. The molecular formula is C10H10F2N4O3. The van der Waals surface area contributed by atoms with Gasteiger partial charge in [0.15, 0.2) is 0 Å². The van der Waals surface area contributed by atoms with Crippen LogP contribution in [0.15, 0.2) is 21.2 Å². The van der Waals surface area contributed by atoms with Crippen LogP contribution in [-0.4, -0.2) is 16.3 Å². The van der Waals surface area contributed by atoms with Crippen LogP contribution in [0.25, 0.3) is 0 Å². The van der Waals surface area contributed by atoms with E-state index in [1.807, 2.05) is 0 Å². The summed E-state index contributed by atoms with van der Waals surface area (Å²) >= 11 is 0. The molecular weight excluding hydrogens is 262 g/mol. The lowest BCUT2D eigenvalue weighted by atomic mass is 10.3. The third-order valence-electron chi connectivity index (χ3n) is 2.09. The largest absolute Gasteiger partial charge is 0.355 e. The molecule has 0 unspecified atom stereocenters. The summed E-state index contributed by atoms with van der Waals surface area (Å²) in [5.74, 6) is -0.355. The molecule has 7 nitrogen and oxygen atoms in total. The molecule has 0 fully saturated rings. The zero-order chi connectivity index (χ0) is 13.8. The van der Waals surface area contributed by atoms with Gasteiger partial charge in [0, 0.05) is 12.1 Å². The van der Waals surface area contributed by atoms with Gasteiger partial charge in [0.2, 0.25) is 11.6 Å². The van der Waals surface area contributed by atoms with Crippen molar-refractivity contribution < 1.29 is 22.6 Å². The number of aromatic nitrogens is 2. The third kappa shape index (κ3) is 3.50. The maximum absolute atomic E-state index is 12.2. The van der Waals surface area contributed by atoms with Crippen molar-refractivity contribution in [1.29, 1.82) is 0 Å². The Hall–Kier alpha value is -2.45. The first-order valence-corrected chi connectivity index (χ1v) is 5.26. The van der Waals surface area contributed by atoms with Gasteiger partial charge >= 0.3 is 6.03 Å². The quantitative estimate of drug-likeness (QED) is 0.890.